The first-order chi connectivity index (χ1) is 12.3. The number of nitrogens with one attached hydrogen (secondary N) is 1. The summed E-state index contributed by atoms with van der Waals surface area (Å²) in [6.45, 7) is 0. The van der Waals surface area contributed by atoms with Crippen LogP contribution in [-0.4, -0.2) is 12.9 Å². The number of aliphatic imine (C=N–C) groups is 1. The van der Waals surface area contributed by atoms with Crippen molar-refractivity contribution < 1.29 is 4.74 Å². The minimum Gasteiger partial charge on any atom is -0.497 e. The fourth-order valence-corrected chi connectivity index (χ4v) is 3.23. The number of methoxy groups -OCH3 is 1. The molecule has 0 amide bonds. The van der Waals surface area contributed by atoms with Crippen molar-refractivity contribution in [1.29, 1.82) is 0 Å². The molecule has 1 aliphatic rings. The van der Waals surface area contributed by atoms with Crippen LogP contribution in [0.5, 0.6) is 5.75 Å². The van der Waals surface area contributed by atoms with Gasteiger partial charge in [0.2, 0.25) is 0 Å². The summed E-state index contributed by atoms with van der Waals surface area (Å²) in [5.41, 5.74) is 3.52. The lowest BCUT2D eigenvalue weighted by atomic mass is 9.95. The quantitative estimate of drug-likeness (QED) is 0.763. The highest BCUT2D eigenvalue weighted by molar-refractivity contribution is 6.00. The molecule has 3 heteroatoms. The van der Waals surface area contributed by atoms with Crippen LogP contribution in [0.2, 0.25) is 0 Å². The van der Waals surface area contributed by atoms with Crippen LogP contribution in [0.1, 0.15) is 28.8 Å². The van der Waals surface area contributed by atoms with Crippen molar-refractivity contribution in [3.05, 3.63) is 102 Å². The predicted octanol–water partition coefficient (Wildman–Crippen LogP) is 4.53. The first-order valence-corrected chi connectivity index (χ1v) is 8.44. The number of hydrogen-bond acceptors (Lipinski definition) is 3. The van der Waals surface area contributed by atoms with Gasteiger partial charge in [-0.15, -0.1) is 0 Å². The summed E-state index contributed by atoms with van der Waals surface area (Å²) in [6, 6.07) is 29.1. The Balaban J connectivity index is 1.71. The SMILES string of the molecule is COc1ccc(C2=N[C@H](c3ccccc3)[C@@H](c3ccccc3)N2)cc1. The fourth-order valence-electron chi connectivity index (χ4n) is 3.23. The van der Waals surface area contributed by atoms with Gasteiger partial charge in [0.15, 0.2) is 0 Å². The summed E-state index contributed by atoms with van der Waals surface area (Å²) in [7, 11) is 1.68. The summed E-state index contributed by atoms with van der Waals surface area (Å²) in [5.74, 6) is 1.77. The molecule has 4 rings (SSSR count). The third-order valence-electron chi connectivity index (χ3n) is 4.54. The zero-order chi connectivity index (χ0) is 17.1. The molecule has 3 aromatic rings. The van der Waals surface area contributed by atoms with E-state index in [1.807, 2.05) is 36.4 Å². The molecule has 1 aliphatic heterocycles. The van der Waals surface area contributed by atoms with Crippen LogP contribution < -0.4 is 10.1 Å². The highest BCUT2D eigenvalue weighted by atomic mass is 16.5. The van der Waals surface area contributed by atoms with Gasteiger partial charge in [0.1, 0.15) is 17.6 Å². The molecule has 0 radical (unpaired) electrons. The molecular weight excluding hydrogens is 308 g/mol. The Labute approximate surface area is 148 Å². The standard InChI is InChI=1S/C22H20N2O/c1-25-19-14-12-18(13-15-19)22-23-20(16-8-4-2-5-9-16)21(24-22)17-10-6-3-7-11-17/h2-15,20-21H,1H3,(H,23,24)/t20-,21-/m1/s1. The van der Waals surface area contributed by atoms with Gasteiger partial charge in [-0.1, -0.05) is 60.7 Å². The molecule has 0 saturated carbocycles. The number of hydrogen-bond donors (Lipinski definition) is 1. The van der Waals surface area contributed by atoms with Crippen LogP contribution in [0.25, 0.3) is 0 Å². The third kappa shape index (κ3) is 3.13. The fraction of sp³-hybridized carbons (Fsp3) is 0.136. The Morgan fingerprint density at radius 3 is 1.96 bits per heavy atom. The van der Waals surface area contributed by atoms with Gasteiger partial charge in [-0.25, -0.2) is 0 Å². The minimum atomic E-state index is 0.0562. The Hall–Kier alpha value is -3.07. The van der Waals surface area contributed by atoms with E-state index >= 15 is 0 Å². The first kappa shape index (κ1) is 15.5. The van der Waals surface area contributed by atoms with Gasteiger partial charge in [0.25, 0.3) is 0 Å². The largest absolute Gasteiger partial charge is 0.497 e. The Bertz CT molecular complexity index is 858. The van der Waals surface area contributed by atoms with Crippen LogP contribution in [0.15, 0.2) is 89.9 Å². The zero-order valence-corrected chi connectivity index (χ0v) is 14.1. The molecule has 25 heavy (non-hydrogen) atoms. The number of rotatable bonds is 4. The topological polar surface area (TPSA) is 33.6 Å². The van der Waals surface area contributed by atoms with Gasteiger partial charge in [0.05, 0.1) is 13.2 Å². The molecule has 0 spiro atoms. The second-order valence-electron chi connectivity index (χ2n) is 6.09. The maximum Gasteiger partial charge on any atom is 0.129 e. The zero-order valence-electron chi connectivity index (χ0n) is 14.1. The summed E-state index contributed by atoms with van der Waals surface area (Å²) < 4.78 is 5.25. The van der Waals surface area contributed by atoms with Gasteiger partial charge in [-0.05, 0) is 35.4 Å². The smallest absolute Gasteiger partial charge is 0.129 e. The van der Waals surface area contributed by atoms with Crippen LogP contribution in [0, 0.1) is 0 Å². The van der Waals surface area contributed by atoms with Crippen LogP contribution in [0.3, 0.4) is 0 Å². The summed E-state index contributed by atoms with van der Waals surface area (Å²) in [4.78, 5) is 5.01. The number of ether oxygens (including phenoxy) is 1. The Morgan fingerprint density at radius 2 is 1.36 bits per heavy atom. The minimum absolute atomic E-state index is 0.0562. The normalized spacial score (nSPS) is 19.2. The molecule has 0 unspecified atom stereocenters. The molecule has 1 N–H and O–H groups in total. The maximum atomic E-state index is 5.25. The van der Waals surface area contributed by atoms with E-state index < -0.39 is 0 Å². The summed E-state index contributed by atoms with van der Waals surface area (Å²) in [5, 5.41) is 3.62. The van der Waals surface area contributed by atoms with Gasteiger partial charge in [0, 0.05) is 5.56 Å². The van der Waals surface area contributed by atoms with Crippen molar-refractivity contribution in [3.8, 4) is 5.75 Å². The van der Waals surface area contributed by atoms with Gasteiger partial charge >= 0.3 is 0 Å². The monoisotopic (exact) mass is 328 g/mol. The van der Waals surface area contributed by atoms with Crippen LogP contribution in [0.4, 0.5) is 0 Å². The predicted molar refractivity (Wildman–Crippen MR) is 101 cm³/mol. The Kier molecular flexibility index (Phi) is 4.21. The molecule has 3 aromatic carbocycles. The lowest BCUT2D eigenvalue weighted by Crippen LogP contribution is -2.25. The van der Waals surface area contributed by atoms with Crippen molar-refractivity contribution in [2.45, 2.75) is 12.1 Å². The first-order valence-electron chi connectivity index (χ1n) is 8.44. The molecule has 0 fully saturated rings. The van der Waals surface area contributed by atoms with Crippen molar-refractivity contribution in [1.82, 2.24) is 5.32 Å². The molecule has 2 atom stereocenters. The number of nitrogens with zero attached hydrogens (tertiary/aromatic N) is 1. The number of amidine groups is 1. The number of benzene rings is 3. The molecule has 0 aliphatic carbocycles. The summed E-state index contributed by atoms with van der Waals surface area (Å²) >= 11 is 0. The highest BCUT2D eigenvalue weighted by Crippen LogP contribution is 2.36. The second kappa shape index (κ2) is 6.81. The van der Waals surface area contributed by atoms with E-state index in [9.17, 15) is 0 Å². The van der Waals surface area contributed by atoms with Gasteiger partial charge in [-0.2, -0.15) is 0 Å². The third-order valence-corrected chi connectivity index (χ3v) is 4.54. The van der Waals surface area contributed by atoms with Crippen molar-refractivity contribution in [2.75, 3.05) is 7.11 Å². The van der Waals surface area contributed by atoms with Gasteiger partial charge in [-0.3, -0.25) is 4.99 Å². The molecule has 0 bridgehead atoms. The van der Waals surface area contributed by atoms with Crippen molar-refractivity contribution in [2.24, 2.45) is 4.99 Å². The average molecular weight is 328 g/mol. The van der Waals surface area contributed by atoms with E-state index in [0.29, 0.717) is 0 Å². The van der Waals surface area contributed by atoms with Crippen LogP contribution >= 0.6 is 0 Å². The average Bonchev–Trinajstić information content (AvgIpc) is 3.15. The van der Waals surface area contributed by atoms with Gasteiger partial charge < -0.3 is 10.1 Å². The molecule has 3 nitrogen and oxygen atoms in total. The lowest BCUT2D eigenvalue weighted by Gasteiger charge is -2.19. The maximum absolute atomic E-state index is 5.25. The molecular formula is C22H20N2O. The van der Waals surface area contributed by atoms with E-state index in [-0.39, 0.29) is 12.1 Å². The van der Waals surface area contributed by atoms with E-state index in [0.717, 1.165) is 17.1 Å². The van der Waals surface area contributed by atoms with E-state index in [4.69, 9.17) is 9.73 Å². The van der Waals surface area contributed by atoms with Crippen molar-refractivity contribution >= 4 is 5.84 Å². The lowest BCUT2D eigenvalue weighted by molar-refractivity contribution is 0.415. The summed E-state index contributed by atoms with van der Waals surface area (Å²) in [6.07, 6.45) is 0. The molecule has 0 saturated heterocycles. The molecule has 0 aromatic heterocycles. The van der Waals surface area contributed by atoms with E-state index in [2.05, 4.69) is 53.8 Å². The van der Waals surface area contributed by atoms with Crippen molar-refractivity contribution in [3.63, 3.8) is 0 Å². The molecule has 124 valence electrons. The van der Waals surface area contributed by atoms with Crippen LogP contribution in [-0.2, 0) is 0 Å². The van der Waals surface area contributed by atoms with E-state index in [1.165, 1.54) is 11.1 Å². The highest BCUT2D eigenvalue weighted by Gasteiger charge is 2.31. The second-order valence-corrected chi connectivity index (χ2v) is 6.09. The Morgan fingerprint density at radius 1 is 0.760 bits per heavy atom. The molecule has 1 heterocycles. The van der Waals surface area contributed by atoms with E-state index in [1.54, 1.807) is 7.11 Å².